The second-order valence-corrected chi connectivity index (χ2v) is 4.62. The number of hydrogen-bond acceptors (Lipinski definition) is 5. The predicted molar refractivity (Wildman–Crippen MR) is 70.1 cm³/mol. The van der Waals surface area contributed by atoms with Crippen molar-refractivity contribution in [3.05, 3.63) is 18.0 Å². The third-order valence-electron chi connectivity index (χ3n) is 2.95. The third kappa shape index (κ3) is 4.89. The number of aromatic nitrogens is 2. The maximum Gasteiger partial charge on any atom is 0.419 e. The SMILES string of the molecule is C[C@@H]1OC(F)(F)CN[C@@H]1CNc1ncc(C(F)(F)F)cn1.Cl. The monoisotopic (exact) mass is 348 g/mol. The van der Waals surface area contributed by atoms with Gasteiger partial charge < -0.3 is 15.4 Å². The fourth-order valence-electron chi connectivity index (χ4n) is 1.82. The topological polar surface area (TPSA) is 59.1 Å². The molecule has 1 fully saturated rings. The molecule has 0 spiro atoms. The number of morpholine rings is 1. The molecule has 1 aromatic rings. The van der Waals surface area contributed by atoms with Crippen molar-refractivity contribution in [1.29, 1.82) is 0 Å². The molecule has 0 bridgehead atoms. The van der Waals surface area contributed by atoms with Crippen molar-refractivity contribution in [2.24, 2.45) is 0 Å². The molecule has 1 aliphatic rings. The lowest BCUT2D eigenvalue weighted by Gasteiger charge is -2.35. The summed E-state index contributed by atoms with van der Waals surface area (Å²) in [5.41, 5.74) is -0.958. The zero-order valence-corrected chi connectivity index (χ0v) is 12.1. The lowest BCUT2D eigenvalue weighted by atomic mass is 10.1. The Labute approximate surface area is 129 Å². The minimum atomic E-state index is -4.50. The van der Waals surface area contributed by atoms with Gasteiger partial charge in [-0.15, -0.1) is 12.4 Å². The highest BCUT2D eigenvalue weighted by Gasteiger charge is 2.40. The molecule has 0 aromatic carbocycles. The molecule has 0 unspecified atom stereocenters. The molecule has 5 nitrogen and oxygen atoms in total. The van der Waals surface area contributed by atoms with Crippen molar-refractivity contribution >= 4 is 18.4 Å². The summed E-state index contributed by atoms with van der Waals surface area (Å²) in [4.78, 5) is 7.05. The maximum absolute atomic E-state index is 12.9. The van der Waals surface area contributed by atoms with E-state index < -0.39 is 36.5 Å². The Morgan fingerprint density at radius 1 is 1.36 bits per heavy atom. The molecule has 1 aliphatic heterocycles. The van der Waals surface area contributed by atoms with Gasteiger partial charge in [0.15, 0.2) is 0 Å². The van der Waals surface area contributed by atoms with Crippen LogP contribution in [-0.2, 0) is 10.9 Å². The largest absolute Gasteiger partial charge is 0.419 e. The standard InChI is InChI=1S/C11H13F5N4O.ClH/c1-6-8(20-5-10(12,13)21-6)4-19-9-17-2-7(3-18-9)11(14,15)16;/h2-3,6,8,20H,4-5H2,1H3,(H,17,18,19);1H/t6-,8+;/m0./s1. The number of rotatable bonds is 3. The summed E-state index contributed by atoms with van der Waals surface area (Å²) in [6, 6.07) is -0.435. The van der Waals surface area contributed by atoms with Crippen LogP contribution in [0, 0.1) is 0 Å². The number of anilines is 1. The van der Waals surface area contributed by atoms with Crippen molar-refractivity contribution < 1.29 is 26.7 Å². The van der Waals surface area contributed by atoms with Gasteiger partial charge in [-0.2, -0.15) is 22.0 Å². The van der Waals surface area contributed by atoms with Gasteiger partial charge in [-0.1, -0.05) is 0 Å². The summed E-state index contributed by atoms with van der Waals surface area (Å²) in [7, 11) is 0. The number of nitrogens with one attached hydrogen (secondary N) is 2. The van der Waals surface area contributed by atoms with Crippen LogP contribution in [0.3, 0.4) is 0 Å². The smallest absolute Gasteiger partial charge is 0.353 e. The van der Waals surface area contributed by atoms with Crippen molar-refractivity contribution in [2.75, 3.05) is 18.4 Å². The van der Waals surface area contributed by atoms with Crippen molar-refractivity contribution in [3.63, 3.8) is 0 Å². The van der Waals surface area contributed by atoms with Gasteiger partial charge in [0.25, 0.3) is 0 Å². The van der Waals surface area contributed by atoms with Crippen molar-refractivity contribution in [2.45, 2.75) is 31.4 Å². The molecular formula is C11H14ClF5N4O. The Hall–Kier alpha value is -1.26. The summed E-state index contributed by atoms with van der Waals surface area (Å²) in [5, 5.41) is 5.27. The Bertz CT molecular complexity index is 484. The number of halogens is 6. The molecule has 1 saturated heterocycles. The van der Waals surface area contributed by atoms with E-state index in [0.29, 0.717) is 12.4 Å². The van der Waals surface area contributed by atoms with Gasteiger partial charge in [0.05, 0.1) is 24.3 Å². The van der Waals surface area contributed by atoms with E-state index in [2.05, 4.69) is 25.3 Å². The lowest BCUT2D eigenvalue weighted by Crippen LogP contribution is -2.57. The minimum absolute atomic E-state index is 0. The van der Waals surface area contributed by atoms with Gasteiger partial charge in [0.2, 0.25) is 5.95 Å². The van der Waals surface area contributed by atoms with Crippen molar-refractivity contribution in [3.8, 4) is 0 Å². The molecule has 2 atom stereocenters. The molecule has 2 N–H and O–H groups in total. The predicted octanol–water partition coefficient (Wildman–Crippen LogP) is 2.30. The van der Waals surface area contributed by atoms with Gasteiger partial charge in [0, 0.05) is 18.9 Å². The van der Waals surface area contributed by atoms with E-state index in [1.807, 2.05) is 0 Å². The lowest BCUT2D eigenvalue weighted by molar-refractivity contribution is -0.278. The Morgan fingerprint density at radius 2 is 1.95 bits per heavy atom. The number of alkyl halides is 5. The average Bonchev–Trinajstić information content (AvgIpc) is 2.36. The van der Waals surface area contributed by atoms with Crippen LogP contribution in [0.2, 0.25) is 0 Å². The van der Waals surface area contributed by atoms with Crippen LogP contribution in [0.1, 0.15) is 12.5 Å². The highest BCUT2D eigenvalue weighted by Crippen LogP contribution is 2.28. The van der Waals surface area contributed by atoms with Crippen LogP contribution in [0.5, 0.6) is 0 Å². The van der Waals surface area contributed by atoms with E-state index in [1.54, 1.807) is 0 Å². The first kappa shape index (κ1) is 18.8. The van der Waals surface area contributed by atoms with Crippen LogP contribution >= 0.6 is 12.4 Å². The Balaban J connectivity index is 0.00000242. The van der Waals surface area contributed by atoms with Crippen LogP contribution in [0.15, 0.2) is 12.4 Å². The summed E-state index contributed by atoms with van der Waals surface area (Å²) >= 11 is 0. The molecule has 0 amide bonds. The molecule has 2 heterocycles. The molecule has 22 heavy (non-hydrogen) atoms. The van der Waals surface area contributed by atoms with E-state index >= 15 is 0 Å². The van der Waals surface area contributed by atoms with Crippen LogP contribution < -0.4 is 10.6 Å². The molecule has 1 aromatic heterocycles. The first-order valence-electron chi connectivity index (χ1n) is 6.09. The normalized spacial score (nSPS) is 24.5. The van der Waals surface area contributed by atoms with Crippen LogP contribution in [-0.4, -0.2) is 41.3 Å². The molecular weight excluding hydrogens is 335 g/mol. The maximum atomic E-state index is 12.9. The van der Waals surface area contributed by atoms with E-state index in [9.17, 15) is 22.0 Å². The summed E-state index contributed by atoms with van der Waals surface area (Å²) in [6.07, 6.45) is -7.19. The highest BCUT2D eigenvalue weighted by molar-refractivity contribution is 5.85. The van der Waals surface area contributed by atoms with Gasteiger partial charge >= 0.3 is 12.3 Å². The summed E-state index contributed by atoms with van der Waals surface area (Å²) < 4.78 is 67.3. The van der Waals surface area contributed by atoms with E-state index in [0.717, 1.165) is 0 Å². The fraction of sp³-hybridized carbons (Fsp3) is 0.636. The van der Waals surface area contributed by atoms with Gasteiger partial charge in [-0.25, -0.2) is 9.97 Å². The third-order valence-corrected chi connectivity index (χ3v) is 2.95. The van der Waals surface area contributed by atoms with Gasteiger partial charge in [0.1, 0.15) is 0 Å². The van der Waals surface area contributed by atoms with Crippen LogP contribution in [0.4, 0.5) is 27.9 Å². The molecule has 2 rings (SSSR count). The van der Waals surface area contributed by atoms with E-state index in [1.165, 1.54) is 6.92 Å². The molecule has 0 saturated carbocycles. The molecule has 11 heteroatoms. The molecule has 0 radical (unpaired) electrons. The number of nitrogens with zero attached hydrogens (tertiary/aromatic N) is 2. The zero-order chi connectivity index (χ0) is 15.7. The van der Waals surface area contributed by atoms with E-state index in [-0.39, 0.29) is 24.9 Å². The van der Waals surface area contributed by atoms with Crippen LogP contribution in [0.25, 0.3) is 0 Å². The number of hydrogen-bond donors (Lipinski definition) is 2. The zero-order valence-electron chi connectivity index (χ0n) is 11.3. The second-order valence-electron chi connectivity index (χ2n) is 4.62. The number of ether oxygens (including phenoxy) is 1. The van der Waals surface area contributed by atoms with Gasteiger partial charge in [-0.05, 0) is 6.92 Å². The Morgan fingerprint density at radius 3 is 2.45 bits per heavy atom. The summed E-state index contributed by atoms with van der Waals surface area (Å²) in [6.45, 7) is 0.986. The average molecular weight is 349 g/mol. The first-order chi connectivity index (χ1) is 9.67. The quantitative estimate of drug-likeness (QED) is 0.821. The van der Waals surface area contributed by atoms with Crippen molar-refractivity contribution in [1.82, 2.24) is 15.3 Å². The summed E-state index contributed by atoms with van der Waals surface area (Å²) in [5.74, 6) is -0.0191. The minimum Gasteiger partial charge on any atom is -0.353 e. The fourth-order valence-corrected chi connectivity index (χ4v) is 1.82. The van der Waals surface area contributed by atoms with Gasteiger partial charge in [-0.3, -0.25) is 0 Å². The first-order valence-corrected chi connectivity index (χ1v) is 6.09. The highest BCUT2D eigenvalue weighted by atomic mass is 35.5. The molecule has 0 aliphatic carbocycles. The Kier molecular flexibility index (Phi) is 5.88. The second kappa shape index (κ2) is 6.88. The van der Waals surface area contributed by atoms with E-state index in [4.69, 9.17) is 0 Å². The molecule has 126 valence electrons.